The molecule has 1 amide bonds. The zero-order valence-corrected chi connectivity index (χ0v) is 12.9. The highest BCUT2D eigenvalue weighted by molar-refractivity contribution is 9.09. The van der Waals surface area contributed by atoms with Gasteiger partial charge in [0.1, 0.15) is 17.2 Å². The zero-order chi connectivity index (χ0) is 14.6. The SMILES string of the molecule is CC(C)(C)CC(Br)CNC(=O)c1c(F)cccc1F. The number of hydrogen-bond acceptors (Lipinski definition) is 1. The van der Waals surface area contributed by atoms with Crippen molar-refractivity contribution in [3.8, 4) is 0 Å². The molecule has 0 bridgehead atoms. The summed E-state index contributed by atoms with van der Waals surface area (Å²) < 4.78 is 26.8. The van der Waals surface area contributed by atoms with Gasteiger partial charge < -0.3 is 5.32 Å². The zero-order valence-electron chi connectivity index (χ0n) is 11.3. The summed E-state index contributed by atoms with van der Waals surface area (Å²) in [5.74, 6) is -2.42. The Kier molecular flexibility index (Phi) is 5.47. The highest BCUT2D eigenvalue weighted by Crippen LogP contribution is 2.24. The summed E-state index contributed by atoms with van der Waals surface area (Å²) in [6.07, 6.45) is 0.840. The molecule has 5 heteroatoms. The third-order valence-corrected chi connectivity index (χ3v) is 3.16. The number of alkyl halides is 1. The quantitative estimate of drug-likeness (QED) is 0.832. The van der Waals surface area contributed by atoms with Crippen LogP contribution in [0.2, 0.25) is 0 Å². The van der Waals surface area contributed by atoms with Crippen molar-refractivity contribution in [3.63, 3.8) is 0 Å². The molecule has 0 heterocycles. The molecule has 0 saturated carbocycles. The minimum absolute atomic E-state index is 0.0614. The standard InChI is InChI=1S/C14H18BrF2NO/c1-14(2,3)7-9(15)8-18-13(19)12-10(16)5-4-6-11(12)17/h4-6,9H,7-8H2,1-3H3,(H,18,19). The number of benzene rings is 1. The van der Waals surface area contributed by atoms with Gasteiger partial charge in [0.05, 0.1) is 0 Å². The van der Waals surface area contributed by atoms with Crippen molar-refractivity contribution in [2.45, 2.75) is 32.0 Å². The summed E-state index contributed by atoms with van der Waals surface area (Å²) in [6, 6.07) is 3.37. The molecule has 1 aromatic carbocycles. The highest BCUT2D eigenvalue weighted by atomic mass is 79.9. The van der Waals surface area contributed by atoms with E-state index in [1.54, 1.807) is 0 Å². The first-order valence-electron chi connectivity index (χ1n) is 6.07. The maximum atomic E-state index is 13.4. The molecule has 2 nitrogen and oxygen atoms in total. The van der Waals surface area contributed by atoms with Crippen LogP contribution in [0, 0.1) is 17.0 Å². The van der Waals surface area contributed by atoms with Gasteiger partial charge >= 0.3 is 0 Å². The molecule has 0 aliphatic carbocycles. The summed E-state index contributed by atoms with van der Waals surface area (Å²) in [5.41, 5.74) is -0.416. The number of hydrogen-bond donors (Lipinski definition) is 1. The van der Waals surface area contributed by atoms with Crippen LogP contribution in [0.25, 0.3) is 0 Å². The third kappa shape index (κ3) is 5.27. The van der Waals surface area contributed by atoms with Crippen LogP contribution in [0.5, 0.6) is 0 Å². The maximum Gasteiger partial charge on any atom is 0.257 e. The molecule has 1 unspecified atom stereocenters. The Morgan fingerprint density at radius 2 is 1.84 bits per heavy atom. The average Bonchev–Trinajstić information content (AvgIpc) is 2.23. The molecule has 106 valence electrons. The summed E-state index contributed by atoms with van der Waals surface area (Å²) >= 11 is 3.45. The van der Waals surface area contributed by atoms with Crippen molar-refractivity contribution in [3.05, 3.63) is 35.4 Å². The predicted molar refractivity (Wildman–Crippen MR) is 75.5 cm³/mol. The lowest BCUT2D eigenvalue weighted by Crippen LogP contribution is -2.32. The van der Waals surface area contributed by atoms with E-state index < -0.39 is 23.1 Å². The first-order chi connectivity index (χ1) is 8.70. The fourth-order valence-electron chi connectivity index (χ4n) is 1.74. The van der Waals surface area contributed by atoms with Gasteiger partial charge in [0.2, 0.25) is 0 Å². The molecule has 0 spiro atoms. The fraction of sp³-hybridized carbons (Fsp3) is 0.500. The van der Waals surface area contributed by atoms with Crippen molar-refractivity contribution >= 4 is 21.8 Å². The van der Waals surface area contributed by atoms with E-state index in [0.717, 1.165) is 18.6 Å². The van der Waals surface area contributed by atoms with Crippen LogP contribution in [0.15, 0.2) is 18.2 Å². The second-order valence-electron chi connectivity index (χ2n) is 5.67. The van der Waals surface area contributed by atoms with E-state index in [1.165, 1.54) is 6.07 Å². The van der Waals surface area contributed by atoms with Gasteiger partial charge in [0, 0.05) is 11.4 Å². The van der Waals surface area contributed by atoms with Crippen LogP contribution in [0.1, 0.15) is 37.6 Å². The Morgan fingerprint density at radius 1 is 1.32 bits per heavy atom. The number of carbonyl (C=O) groups excluding carboxylic acids is 1. The van der Waals surface area contributed by atoms with Crippen LogP contribution in [0.3, 0.4) is 0 Å². The number of halogens is 3. The lowest BCUT2D eigenvalue weighted by Gasteiger charge is -2.22. The topological polar surface area (TPSA) is 29.1 Å². The molecule has 0 radical (unpaired) electrons. The average molecular weight is 334 g/mol. The molecule has 0 aliphatic heterocycles. The van der Waals surface area contributed by atoms with Crippen molar-refractivity contribution in [1.82, 2.24) is 5.32 Å². The third-order valence-electron chi connectivity index (χ3n) is 2.51. The number of rotatable bonds is 4. The van der Waals surface area contributed by atoms with E-state index in [1.807, 2.05) is 0 Å². The predicted octanol–water partition coefficient (Wildman–Crippen LogP) is 3.89. The number of amides is 1. The van der Waals surface area contributed by atoms with E-state index in [2.05, 4.69) is 42.0 Å². The summed E-state index contributed by atoms with van der Waals surface area (Å²) in [5, 5.41) is 2.54. The van der Waals surface area contributed by atoms with Gasteiger partial charge in [-0.3, -0.25) is 4.79 Å². The molecule has 0 aromatic heterocycles. The second kappa shape index (κ2) is 6.46. The Balaban J connectivity index is 2.61. The molecular weight excluding hydrogens is 316 g/mol. The molecular formula is C14H18BrF2NO. The van der Waals surface area contributed by atoms with Crippen LogP contribution in [0.4, 0.5) is 8.78 Å². The molecule has 0 fully saturated rings. The molecule has 1 N–H and O–H groups in total. The van der Waals surface area contributed by atoms with Crippen molar-refractivity contribution in [2.75, 3.05) is 6.54 Å². The van der Waals surface area contributed by atoms with Gasteiger partial charge in [-0.05, 0) is 24.0 Å². The van der Waals surface area contributed by atoms with Gasteiger partial charge in [-0.15, -0.1) is 0 Å². The molecule has 1 atom stereocenters. The number of nitrogens with one attached hydrogen (secondary N) is 1. The first kappa shape index (κ1) is 16.1. The van der Waals surface area contributed by atoms with E-state index >= 15 is 0 Å². The molecule has 0 saturated heterocycles. The van der Waals surface area contributed by atoms with E-state index in [0.29, 0.717) is 6.54 Å². The summed E-state index contributed by atoms with van der Waals surface area (Å²) in [4.78, 5) is 11.8. The minimum Gasteiger partial charge on any atom is -0.351 e. The molecule has 1 aromatic rings. The van der Waals surface area contributed by atoms with Gasteiger partial charge in [-0.1, -0.05) is 42.8 Å². The van der Waals surface area contributed by atoms with Gasteiger partial charge in [0.15, 0.2) is 0 Å². The fourth-order valence-corrected chi connectivity index (χ4v) is 2.88. The van der Waals surface area contributed by atoms with Crippen molar-refractivity contribution < 1.29 is 13.6 Å². The van der Waals surface area contributed by atoms with E-state index in [9.17, 15) is 13.6 Å². The van der Waals surface area contributed by atoms with Gasteiger partial charge in [0.25, 0.3) is 5.91 Å². The van der Waals surface area contributed by atoms with Crippen LogP contribution in [-0.2, 0) is 0 Å². The van der Waals surface area contributed by atoms with Gasteiger partial charge in [-0.25, -0.2) is 8.78 Å². The van der Waals surface area contributed by atoms with Gasteiger partial charge in [-0.2, -0.15) is 0 Å². The van der Waals surface area contributed by atoms with E-state index in [4.69, 9.17) is 0 Å². The van der Waals surface area contributed by atoms with E-state index in [-0.39, 0.29) is 10.2 Å². The van der Waals surface area contributed by atoms with Crippen molar-refractivity contribution in [1.29, 1.82) is 0 Å². The molecule has 19 heavy (non-hydrogen) atoms. The summed E-state index contributed by atoms with van der Waals surface area (Å²) in [6.45, 7) is 6.57. The lowest BCUT2D eigenvalue weighted by atomic mass is 9.90. The Hall–Kier alpha value is -0.970. The Morgan fingerprint density at radius 3 is 2.32 bits per heavy atom. The lowest BCUT2D eigenvalue weighted by molar-refractivity contribution is 0.0944. The van der Waals surface area contributed by atoms with Crippen molar-refractivity contribution in [2.24, 2.45) is 5.41 Å². The largest absolute Gasteiger partial charge is 0.351 e. The highest BCUT2D eigenvalue weighted by Gasteiger charge is 2.20. The minimum atomic E-state index is -0.848. The normalized spacial score (nSPS) is 13.2. The first-order valence-corrected chi connectivity index (χ1v) is 6.98. The Bertz CT molecular complexity index is 437. The second-order valence-corrected chi connectivity index (χ2v) is 6.96. The molecule has 0 aliphatic rings. The summed E-state index contributed by atoms with van der Waals surface area (Å²) in [7, 11) is 0. The monoisotopic (exact) mass is 333 g/mol. The molecule has 1 rings (SSSR count). The Labute approximate surface area is 120 Å². The van der Waals surface area contributed by atoms with Crippen LogP contribution < -0.4 is 5.32 Å². The maximum absolute atomic E-state index is 13.4. The van der Waals surface area contributed by atoms with Crippen LogP contribution >= 0.6 is 15.9 Å². The smallest absolute Gasteiger partial charge is 0.257 e. The number of carbonyl (C=O) groups is 1. The van der Waals surface area contributed by atoms with Crippen LogP contribution in [-0.4, -0.2) is 17.3 Å².